The lowest BCUT2D eigenvalue weighted by molar-refractivity contribution is 1.31. The van der Waals surface area contributed by atoms with Gasteiger partial charge in [0, 0.05) is 0 Å². The van der Waals surface area contributed by atoms with Crippen molar-refractivity contribution in [2.45, 2.75) is 55.4 Å². The predicted molar refractivity (Wildman–Crippen MR) is 97.4 cm³/mol. The maximum absolute atomic E-state index is 3.22. The molecule has 0 aliphatic heterocycles. The van der Waals surface area contributed by atoms with Gasteiger partial charge in [-0.15, -0.1) is 0 Å². The zero-order valence-electron chi connectivity index (χ0n) is 15.2. The topological polar surface area (TPSA) is 0 Å². The van der Waals surface area contributed by atoms with E-state index in [1.165, 1.54) is 55.7 Å². The SMILES string of the molecule is CC1=C(C)C(C)=C(C)C1=CC#CC=C1C(C)=C(C)C(C)=C1C. The molecule has 0 bridgehead atoms. The van der Waals surface area contributed by atoms with E-state index in [1.54, 1.807) is 0 Å². The fraction of sp³-hybridized carbons (Fsp3) is 0.364. The second-order valence-electron chi connectivity index (χ2n) is 6.40. The zero-order chi connectivity index (χ0) is 16.6. The highest BCUT2D eigenvalue weighted by Gasteiger charge is 2.18. The Kier molecular flexibility index (Phi) is 4.47. The van der Waals surface area contributed by atoms with Crippen LogP contribution in [-0.4, -0.2) is 0 Å². The van der Waals surface area contributed by atoms with Crippen LogP contribution in [0.15, 0.2) is 67.9 Å². The summed E-state index contributed by atoms with van der Waals surface area (Å²) in [5.41, 5.74) is 13.6. The van der Waals surface area contributed by atoms with Gasteiger partial charge >= 0.3 is 0 Å². The summed E-state index contributed by atoms with van der Waals surface area (Å²) in [5, 5.41) is 0. The van der Waals surface area contributed by atoms with Gasteiger partial charge in [0.2, 0.25) is 0 Å². The molecule has 0 heteroatoms. The minimum absolute atomic E-state index is 1.29. The van der Waals surface area contributed by atoms with Crippen LogP contribution in [0.3, 0.4) is 0 Å². The molecule has 0 radical (unpaired) electrons. The Labute approximate surface area is 135 Å². The maximum atomic E-state index is 3.22. The highest BCUT2D eigenvalue weighted by atomic mass is 14.2. The number of hydrogen-bond acceptors (Lipinski definition) is 0. The molecule has 0 aromatic heterocycles. The molecule has 0 aromatic carbocycles. The molecule has 0 amide bonds. The molecule has 0 nitrogen and oxygen atoms in total. The minimum Gasteiger partial charge on any atom is -0.0696 e. The molecule has 114 valence electrons. The molecule has 0 aromatic rings. The normalized spacial score (nSPS) is 18.5. The van der Waals surface area contributed by atoms with Gasteiger partial charge < -0.3 is 0 Å². The molecular weight excluding hydrogens is 264 g/mol. The molecule has 0 N–H and O–H groups in total. The first kappa shape index (κ1) is 16.4. The van der Waals surface area contributed by atoms with Crippen LogP contribution in [0.25, 0.3) is 0 Å². The van der Waals surface area contributed by atoms with Gasteiger partial charge in [-0.25, -0.2) is 0 Å². The van der Waals surface area contributed by atoms with E-state index in [0.717, 1.165) is 0 Å². The standard InChI is InChI=1S/C22H26/c1-13-14(2)18(6)21(17(13)5)11-9-10-12-22-19(7)15(3)16(4)20(22)8/h11-12H,1-8H3. The Morgan fingerprint density at radius 3 is 0.864 bits per heavy atom. The number of rotatable bonds is 0. The fourth-order valence-electron chi connectivity index (χ4n) is 3.16. The van der Waals surface area contributed by atoms with Crippen LogP contribution >= 0.6 is 0 Å². The quantitative estimate of drug-likeness (QED) is 0.465. The van der Waals surface area contributed by atoms with E-state index >= 15 is 0 Å². The smallest absolute Gasteiger partial charge is 0.00372 e. The summed E-state index contributed by atoms with van der Waals surface area (Å²) in [6.07, 6.45) is 4.13. The van der Waals surface area contributed by atoms with Crippen molar-refractivity contribution >= 4 is 0 Å². The Morgan fingerprint density at radius 1 is 0.409 bits per heavy atom. The molecule has 0 unspecified atom stereocenters. The molecule has 22 heavy (non-hydrogen) atoms. The number of hydrogen-bond donors (Lipinski definition) is 0. The summed E-state index contributed by atoms with van der Waals surface area (Å²) in [7, 11) is 0. The van der Waals surface area contributed by atoms with Gasteiger partial charge in [0.1, 0.15) is 0 Å². The first-order valence-electron chi connectivity index (χ1n) is 7.90. The van der Waals surface area contributed by atoms with Crippen LogP contribution in [0.2, 0.25) is 0 Å². The Morgan fingerprint density at radius 2 is 0.636 bits per heavy atom. The van der Waals surface area contributed by atoms with E-state index in [9.17, 15) is 0 Å². The van der Waals surface area contributed by atoms with E-state index in [-0.39, 0.29) is 0 Å². The first-order valence-corrected chi connectivity index (χ1v) is 7.90. The first-order chi connectivity index (χ1) is 10.3. The van der Waals surface area contributed by atoms with Crippen LogP contribution < -0.4 is 0 Å². The number of allylic oxidation sites excluding steroid dienone is 12. The summed E-state index contributed by atoms with van der Waals surface area (Å²) in [6.45, 7) is 17.5. The Bertz CT molecular complexity index is 667. The maximum Gasteiger partial charge on any atom is -0.00372 e. The third kappa shape index (κ3) is 2.57. The lowest BCUT2D eigenvalue weighted by atomic mass is 10.0. The lowest BCUT2D eigenvalue weighted by Gasteiger charge is -2.00. The van der Waals surface area contributed by atoms with Crippen LogP contribution in [0.4, 0.5) is 0 Å². The highest BCUT2D eigenvalue weighted by Crippen LogP contribution is 2.36. The van der Waals surface area contributed by atoms with E-state index in [1.807, 2.05) is 0 Å². The van der Waals surface area contributed by atoms with Crippen molar-refractivity contribution in [2.75, 3.05) is 0 Å². The van der Waals surface area contributed by atoms with Crippen molar-refractivity contribution in [3.63, 3.8) is 0 Å². The molecule has 0 spiro atoms. The van der Waals surface area contributed by atoms with Gasteiger partial charge in [0.15, 0.2) is 0 Å². The molecule has 0 saturated heterocycles. The zero-order valence-corrected chi connectivity index (χ0v) is 15.2. The summed E-state index contributed by atoms with van der Waals surface area (Å²) in [4.78, 5) is 0. The van der Waals surface area contributed by atoms with Crippen molar-refractivity contribution in [1.82, 2.24) is 0 Å². The van der Waals surface area contributed by atoms with E-state index < -0.39 is 0 Å². The highest BCUT2D eigenvalue weighted by molar-refractivity contribution is 5.64. The summed E-state index contributed by atoms with van der Waals surface area (Å²) in [5.74, 6) is 6.45. The van der Waals surface area contributed by atoms with Gasteiger partial charge in [-0.3, -0.25) is 0 Å². The molecule has 0 saturated carbocycles. The van der Waals surface area contributed by atoms with Gasteiger partial charge in [0.25, 0.3) is 0 Å². The molecule has 0 fully saturated rings. The van der Waals surface area contributed by atoms with Crippen LogP contribution in [0.5, 0.6) is 0 Å². The average molecular weight is 290 g/mol. The second-order valence-corrected chi connectivity index (χ2v) is 6.40. The molecule has 0 heterocycles. The fourth-order valence-corrected chi connectivity index (χ4v) is 3.16. The third-order valence-corrected chi connectivity index (χ3v) is 5.51. The summed E-state index contributed by atoms with van der Waals surface area (Å²) < 4.78 is 0. The van der Waals surface area contributed by atoms with Gasteiger partial charge in [-0.2, -0.15) is 0 Å². The molecule has 0 atom stereocenters. The van der Waals surface area contributed by atoms with E-state index in [2.05, 4.69) is 79.4 Å². The van der Waals surface area contributed by atoms with Crippen molar-refractivity contribution in [3.8, 4) is 11.8 Å². The Balaban J connectivity index is 2.32. The van der Waals surface area contributed by atoms with Crippen LogP contribution in [0, 0.1) is 11.8 Å². The molecule has 2 rings (SSSR count). The monoisotopic (exact) mass is 290 g/mol. The third-order valence-electron chi connectivity index (χ3n) is 5.51. The molecular formula is C22H26. The van der Waals surface area contributed by atoms with Crippen molar-refractivity contribution in [3.05, 3.63) is 67.9 Å². The van der Waals surface area contributed by atoms with Crippen LogP contribution in [-0.2, 0) is 0 Å². The van der Waals surface area contributed by atoms with Crippen molar-refractivity contribution in [1.29, 1.82) is 0 Å². The summed E-state index contributed by atoms with van der Waals surface area (Å²) >= 11 is 0. The van der Waals surface area contributed by atoms with Gasteiger partial charge in [-0.1, -0.05) is 11.8 Å². The molecule has 2 aliphatic rings. The van der Waals surface area contributed by atoms with Crippen molar-refractivity contribution in [2.24, 2.45) is 0 Å². The van der Waals surface area contributed by atoms with Crippen molar-refractivity contribution < 1.29 is 0 Å². The lowest BCUT2D eigenvalue weighted by Crippen LogP contribution is -1.83. The van der Waals surface area contributed by atoms with Crippen LogP contribution in [0.1, 0.15) is 55.4 Å². The van der Waals surface area contributed by atoms with Gasteiger partial charge in [0.05, 0.1) is 0 Å². The Hall–Kier alpha value is -2.00. The van der Waals surface area contributed by atoms with E-state index in [0.29, 0.717) is 0 Å². The minimum atomic E-state index is 1.29. The second kappa shape index (κ2) is 6.01. The summed E-state index contributed by atoms with van der Waals surface area (Å²) in [6, 6.07) is 0. The largest absolute Gasteiger partial charge is 0.0696 e. The predicted octanol–water partition coefficient (Wildman–Crippen LogP) is 6.22. The van der Waals surface area contributed by atoms with Gasteiger partial charge in [-0.05, 0) is 123 Å². The average Bonchev–Trinajstić information content (AvgIpc) is 2.79. The molecule has 2 aliphatic carbocycles. The van der Waals surface area contributed by atoms with E-state index in [4.69, 9.17) is 0 Å².